The van der Waals surface area contributed by atoms with Crippen molar-refractivity contribution >= 4 is 34.4 Å². The van der Waals surface area contributed by atoms with Gasteiger partial charge in [-0.05, 0) is 59.2 Å². The van der Waals surface area contributed by atoms with Crippen LogP contribution in [0.5, 0.6) is 0 Å². The van der Waals surface area contributed by atoms with Gasteiger partial charge in [0, 0.05) is 34.0 Å². The van der Waals surface area contributed by atoms with Crippen LogP contribution in [0.3, 0.4) is 0 Å². The molecule has 5 rings (SSSR count). The first-order valence-electron chi connectivity index (χ1n) is 10.0. The highest BCUT2D eigenvalue weighted by atomic mass is 32.1. The van der Waals surface area contributed by atoms with E-state index in [-0.39, 0.29) is 23.1 Å². The summed E-state index contributed by atoms with van der Waals surface area (Å²) in [6.07, 6.45) is 2.21. The van der Waals surface area contributed by atoms with Gasteiger partial charge in [0.1, 0.15) is 5.69 Å². The van der Waals surface area contributed by atoms with Gasteiger partial charge in [-0.2, -0.15) is 0 Å². The van der Waals surface area contributed by atoms with Crippen molar-refractivity contribution in [1.29, 1.82) is 0 Å². The maximum Gasteiger partial charge on any atom is 0.271 e. The molecule has 4 heterocycles. The van der Waals surface area contributed by atoms with Gasteiger partial charge in [-0.15, -0.1) is 22.7 Å². The Morgan fingerprint density at radius 2 is 2.03 bits per heavy atom. The Hall–Kier alpha value is -2.18. The number of H-pyrrole nitrogens is 1. The monoisotopic (exact) mass is 424 g/mol. The first-order chi connectivity index (χ1) is 13.9. The van der Waals surface area contributed by atoms with Crippen LogP contribution in [0.25, 0.3) is 0 Å². The van der Waals surface area contributed by atoms with Crippen molar-refractivity contribution in [2.24, 2.45) is 5.41 Å². The summed E-state index contributed by atoms with van der Waals surface area (Å²) in [5.74, 6) is 0.148. The number of Topliss-reactive ketones (excluding diaryl/α,β-unsaturated/α-hetero) is 1. The van der Waals surface area contributed by atoms with E-state index in [1.165, 1.54) is 15.3 Å². The number of fused-ring (bicyclic) bond motifs is 2. The number of rotatable bonds is 2. The largest absolute Gasteiger partial charge is 0.354 e. The molecule has 4 nitrogen and oxygen atoms in total. The SMILES string of the molecule is Cc1c(C(=O)N2CCc3sccc3[C@H]2c2cccs2)[nH]c2c1C(=O)CC(C)(C)C2. The Balaban J connectivity index is 1.57. The number of nitrogens with zero attached hydrogens (tertiary/aromatic N) is 1. The molecule has 3 aromatic rings. The lowest BCUT2D eigenvalue weighted by atomic mass is 9.75. The van der Waals surface area contributed by atoms with Crippen LogP contribution in [0.4, 0.5) is 0 Å². The molecule has 0 fully saturated rings. The highest BCUT2D eigenvalue weighted by molar-refractivity contribution is 7.10. The van der Waals surface area contributed by atoms with Crippen molar-refractivity contribution < 1.29 is 9.59 Å². The Bertz CT molecular complexity index is 1100. The summed E-state index contributed by atoms with van der Waals surface area (Å²) >= 11 is 3.47. The number of amides is 1. The molecule has 0 unspecified atom stereocenters. The Morgan fingerprint density at radius 1 is 1.21 bits per heavy atom. The van der Waals surface area contributed by atoms with Gasteiger partial charge in [0.05, 0.1) is 6.04 Å². The molecule has 0 saturated carbocycles. The maximum absolute atomic E-state index is 13.7. The summed E-state index contributed by atoms with van der Waals surface area (Å²) in [5, 5.41) is 4.19. The van der Waals surface area contributed by atoms with Crippen molar-refractivity contribution in [3.8, 4) is 0 Å². The van der Waals surface area contributed by atoms with E-state index in [2.05, 4.69) is 41.7 Å². The maximum atomic E-state index is 13.7. The second kappa shape index (κ2) is 6.67. The Kier molecular flexibility index (Phi) is 4.33. The van der Waals surface area contributed by atoms with Gasteiger partial charge in [-0.1, -0.05) is 19.9 Å². The van der Waals surface area contributed by atoms with E-state index in [9.17, 15) is 9.59 Å². The molecule has 0 radical (unpaired) electrons. The highest BCUT2D eigenvalue weighted by Crippen LogP contribution is 2.41. The summed E-state index contributed by atoms with van der Waals surface area (Å²) in [6.45, 7) is 6.83. The van der Waals surface area contributed by atoms with Crippen LogP contribution in [-0.4, -0.2) is 28.1 Å². The third-order valence-electron chi connectivity index (χ3n) is 6.15. The van der Waals surface area contributed by atoms with E-state index in [1.807, 2.05) is 17.9 Å². The topological polar surface area (TPSA) is 53.2 Å². The van der Waals surface area contributed by atoms with E-state index in [0.717, 1.165) is 29.7 Å². The van der Waals surface area contributed by atoms with Gasteiger partial charge in [0.2, 0.25) is 0 Å². The third kappa shape index (κ3) is 3.01. The van der Waals surface area contributed by atoms with Gasteiger partial charge in [-0.3, -0.25) is 9.59 Å². The summed E-state index contributed by atoms with van der Waals surface area (Å²) in [4.78, 5) is 34.4. The minimum absolute atomic E-state index is 0.00208. The van der Waals surface area contributed by atoms with Gasteiger partial charge in [0.25, 0.3) is 5.91 Å². The normalized spacial score (nSPS) is 20.4. The van der Waals surface area contributed by atoms with Crippen LogP contribution in [-0.2, 0) is 12.8 Å². The molecule has 1 atom stereocenters. The molecule has 0 spiro atoms. The van der Waals surface area contributed by atoms with Crippen molar-refractivity contribution in [1.82, 2.24) is 9.88 Å². The fourth-order valence-corrected chi connectivity index (χ4v) is 6.64. The zero-order valence-corrected chi connectivity index (χ0v) is 18.5. The molecule has 0 aromatic carbocycles. The molecule has 29 heavy (non-hydrogen) atoms. The van der Waals surface area contributed by atoms with Crippen molar-refractivity contribution in [3.05, 3.63) is 66.8 Å². The summed E-state index contributed by atoms with van der Waals surface area (Å²) in [6, 6.07) is 6.26. The minimum atomic E-state index is -0.0715. The number of nitrogens with one attached hydrogen (secondary N) is 1. The lowest BCUT2D eigenvalue weighted by molar-refractivity contribution is 0.0692. The van der Waals surface area contributed by atoms with Gasteiger partial charge < -0.3 is 9.88 Å². The summed E-state index contributed by atoms with van der Waals surface area (Å²) < 4.78 is 0. The van der Waals surface area contributed by atoms with Crippen LogP contribution in [0.15, 0.2) is 29.0 Å². The van der Waals surface area contributed by atoms with E-state index < -0.39 is 0 Å². The third-order valence-corrected chi connectivity index (χ3v) is 8.08. The van der Waals surface area contributed by atoms with E-state index in [0.29, 0.717) is 18.7 Å². The molecule has 6 heteroatoms. The fourth-order valence-electron chi connectivity index (χ4n) is 4.88. The number of ketones is 1. The molecule has 0 bridgehead atoms. The van der Waals surface area contributed by atoms with Crippen LogP contribution < -0.4 is 0 Å². The zero-order chi connectivity index (χ0) is 20.3. The van der Waals surface area contributed by atoms with Crippen molar-refractivity contribution in [2.75, 3.05) is 6.54 Å². The molecule has 3 aromatic heterocycles. The molecule has 0 saturated heterocycles. The molecule has 1 aliphatic carbocycles. The quantitative estimate of drug-likeness (QED) is 0.600. The molecule has 1 aliphatic heterocycles. The van der Waals surface area contributed by atoms with Gasteiger partial charge in [0.15, 0.2) is 5.78 Å². The van der Waals surface area contributed by atoms with Crippen LogP contribution in [0.1, 0.15) is 73.7 Å². The van der Waals surface area contributed by atoms with Crippen LogP contribution in [0.2, 0.25) is 0 Å². The lowest BCUT2D eigenvalue weighted by Gasteiger charge is -2.35. The number of hydrogen-bond acceptors (Lipinski definition) is 4. The molecular formula is C23H24N2O2S2. The first-order valence-corrected chi connectivity index (χ1v) is 11.8. The van der Waals surface area contributed by atoms with E-state index in [1.54, 1.807) is 22.7 Å². The average Bonchev–Trinajstić information content (AvgIpc) is 3.39. The lowest BCUT2D eigenvalue weighted by Crippen LogP contribution is -2.40. The number of aromatic amines is 1. The van der Waals surface area contributed by atoms with E-state index >= 15 is 0 Å². The van der Waals surface area contributed by atoms with E-state index in [4.69, 9.17) is 0 Å². The molecular weight excluding hydrogens is 400 g/mol. The minimum Gasteiger partial charge on any atom is -0.354 e. The number of thiophene rings is 2. The van der Waals surface area contributed by atoms with Gasteiger partial charge >= 0.3 is 0 Å². The summed E-state index contributed by atoms with van der Waals surface area (Å²) in [5.41, 5.74) is 4.23. The van der Waals surface area contributed by atoms with Gasteiger partial charge in [-0.25, -0.2) is 0 Å². The predicted octanol–water partition coefficient (Wildman–Crippen LogP) is 5.39. The average molecular weight is 425 g/mol. The number of carbonyl (C=O) groups is 2. The molecule has 1 N–H and O–H groups in total. The number of hydrogen-bond donors (Lipinski definition) is 1. The standard InChI is InChI=1S/C23H24N2O2S2/c1-13-19-15(11-23(2,3)12-16(19)26)24-20(13)22(27)25-8-6-17-14(7-10-29-17)21(25)18-5-4-9-28-18/h4-5,7,9-10,21,24H,6,8,11-12H2,1-3H3/t21-/m0/s1. The van der Waals surface area contributed by atoms with Crippen LogP contribution >= 0.6 is 22.7 Å². The smallest absolute Gasteiger partial charge is 0.271 e. The Labute approximate surface area is 178 Å². The number of aromatic nitrogens is 1. The predicted molar refractivity (Wildman–Crippen MR) is 117 cm³/mol. The van der Waals surface area contributed by atoms with Crippen molar-refractivity contribution in [3.63, 3.8) is 0 Å². The Morgan fingerprint density at radius 3 is 2.79 bits per heavy atom. The molecule has 1 amide bonds. The number of carbonyl (C=O) groups excluding carboxylic acids is 2. The first kappa shape index (κ1) is 18.8. The highest BCUT2D eigenvalue weighted by Gasteiger charge is 2.39. The molecule has 150 valence electrons. The molecule has 2 aliphatic rings. The second-order valence-electron chi connectivity index (χ2n) is 8.89. The van der Waals surface area contributed by atoms with Crippen molar-refractivity contribution in [2.45, 2.75) is 46.1 Å². The second-order valence-corrected chi connectivity index (χ2v) is 10.9. The zero-order valence-electron chi connectivity index (χ0n) is 16.9. The summed E-state index contributed by atoms with van der Waals surface area (Å²) in [7, 11) is 0. The van der Waals surface area contributed by atoms with Crippen LogP contribution in [0, 0.1) is 12.3 Å². The fraction of sp³-hybridized carbons (Fsp3) is 0.391.